The van der Waals surface area contributed by atoms with Gasteiger partial charge in [0.1, 0.15) is 0 Å². The lowest BCUT2D eigenvalue weighted by atomic mass is 10.1. The molecule has 0 saturated heterocycles. The third-order valence-electron chi connectivity index (χ3n) is 1.18. The van der Waals surface area contributed by atoms with Gasteiger partial charge in [0.15, 0.2) is 5.60 Å². The minimum Gasteiger partial charge on any atom is -0.467 e. The second-order valence-electron chi connectivity index (χ2n) is 4.28. The van der Waals surface area contributed by atoms with Crippen molar-refractivity contribution in [2.75, 3.05) is 7.11 Å². The van der Waals surface area contributed by atoms with E-state index in [1.807, 2.05) is 20.8 Å². The molecule has 0 aliphatic heterocycles. The Kier molecular flexibility index (Phi) is 3.88. The molecule has 0 bridgehead atoms. The Balaban J connectivity index is 4.11. The second-order valence-corrected chi connectivity index (χ2v) is 4.28. The fourth-order valence-corrected chi connectivity index (χ4v) is 0.509. The normalized spacial score (nSPS) is 12.8. The number of hydrogen-bond acceptors (Lipinski definition) is 4. The summed E-state index contributed by atoms with van der Waals surface area (Å²) in [6.45, 7) is 8.68. The summed E-state index contributed by atoms with van der Waals surface area (Å²) in [5.74, 6) is -0.461. The van der Waals surface area contributed by atoms with E-state index in [-0.39, 0.29) is 0 Å². The molecule has 0 unspecified atom stereocenters. The maximum absolute atomic E-state index is 11.1. The van der Waals surface area contributed by atoms with E-state index in [1.165, 1.54) is 7.11 Å². The smallest absolute Gasteiger partial charge is 0.340 e. The molecule has 0 rings (SSSR count). The molecule has 0 aromatic carbocycles. The van der Waals surface area contributed by atoms with Crippen molar-refractivity contribution in [2.45, 2.75) is 45.8 Å². The molecule has 78 valence electrons. The van der Waals surface area contributed by atoms with E-state index < -0.39 is 17.2 Å². The predicted octanol–water partition coefficient (Wildman–Crippen LogP) is 1.68. The number of carbonyl (C=O) groups is 1. The van der Waals surface area contributed by atoms with Crippen molar-refractivity contribution in [1.29, 1.82) is 0 Å². The van der Waals surface area contributed by atoms with Gasteiger partial charge in [-0.3, -0.25) is 0 Å². The monoisotopic (exact) mass is 190 g/mol. The first-order chi connectivity index (χ1) is 5.69. The van der Waals surface area contributed by atoms with Gasteiger partial charge in [0.25, 0.3) is 0 Å². The van der Waals surface area contributed by atoms with Crippen LogP contribution in [-0.2, 0) is 19.3 Å². The molecule has 0 aliphatic carbocycles. The predicted molar refractivity (Wildman–Crippen MR) is 48.0 cm³/mol. The number of ether oxygens (including phenoxy) is 1. The van der Waals surface area contributed by atoms with Crippen molar-refractivity contribution >= 4 is 5.97 Å². The Bertz CT molecular complexity index is 179. The summed E-state index contributed by atoms with van der Waals surface area (Å²) in [5.41, 5.74) is -1.51. The fourth-order valence-electron chi connectivity index (χ4n) is 0.509. The van der Waals surface area contributed by atoms with Crippen LogP contribution in [0, 0.1) is 0 Å². The molecule has 13 heavy (non-hydrogen) atoms. The largest absolute Gasteiger partial charge is 0.467 e. The molecule has 0 heterocycles. The average Bonchev–Trinajstić information content (AvgIpc) is 1.98. The van der Waals surface area contributed by atoms with Crippen LogP contribution in [0.3, 0.4) is 0 Å². The Labute approximate surface area is 79.1 Å². The van der Waals surface area contributed by atoms with Crippen LogP contribution >= 0.6 is 0 Å². The maximum atomic E-state index is 11.1. The van der Waals surface area contributed by atoms with Gasteiger partial charge in [0, 0.05) is 0 Å². The summed E-state index contributed by atoms with van der Waals surface area (Å²) in [5, 5.41) is 0. The van der Waals surface area contributed by atoms with Crippen LogP contribution in [0.25, 0.3) is 0 Å². The topological polar surface area (TPSA) is 44.8 Å². The van der Waals surface area contributed by atoms with Gasteiger partial charge in [-0.05, 0) is 34.6 Å². The molecule has 0 fully saturated rings. The lowest BCUT2D eigenvalue weighted by Crippen LogP contribution is -2.38. The summed E-state index contributed by atoms with van der Waals surface area (Å²) in [6, 6.07) is 0. The molecule has 0 atom stereocenters. The second kappa shape index (κ2) is 4.07. The molecule has 4 nitrogen and oxygen atoms in total. The van der Waals surface area contributed by atoms with Gasteiger partial charge >= 0.3 is 5.97 Å². The van der Waals surface area contributed by atoms with E-state index in [4.69, 9.17) is 9.78 Å². The van der Waals surface area contributed by atoms with Crippen molar-refractivity contribution in [3.63, 3.8) is 0 Å². The molecule has 0 saturated carbocycles. The molecule has 0 aromatic rings. The number of methoxy groups -OCH3 is 1. The Morgan fingerprint density at radius 1 is 1.00 bits per heavy atom. The summed E-state index contributed by atoms with van der Waals surface area (Å²) < 4.78 is 4.54. The van der Waals surface area contributed by atoms with Crippen LogP contribution in [0.2, 0.25) is 0 Å². The molecule has 0 radical (unpaired) electrons. The Morgan fingerprint density at radius 3 is 1.77 bits per heavy atom. The average molecular weight is 190 g/mol. The van der Waals surface area contributed by atoms with Crippen molar-refractivity contribution < 1.29 is 19.3 Å². The van der Waals surface area contributed by atoms with E-state index in [0.29, 0.717) is 0 Å². The highest BCUT2D eigenvalue weighted by atomic mass is 17.2. The van der Waals surface area contributed by atoms with Crippen LogP contribution < -0.4 is 0 Å². The van der Waals surface area contributed by atoms with Crippen molar-refractivity contribution in [1.82, 2.24) is 0 Å². The molecule has 0 amide bonds. The van der Waals surface area contributed by atoms with Crippen molar-refractivity contribution in [3.05, 3.63) is 0 Å². The number of rotatable bonds is 3. The summed E-state index contributed by atoms with van der Waals surface area (Å²) in [6.07, 6.45) is 0. The van der Waals surface area contributed by atoms with Gasteiger partial charge in [0.2, 0.25) is 0 Å². The molecule has 0 spiro atoms. The van der Waals surface area contributed by atoms with E-state index in [9.17, 15) is 4.79 Å². The molecule has 0 aliphatic rings. The fraction of sp³-hybridized carbons (Fsp3) is 0.889. The number of esters is 1. The highest BCUT2D eigenvalue weighted by Crippen LogP contribution is 2.17. The van der Waals surface area contributed by atoms with E-state index in [2.05, 4.69) is 4.74 Å². The molecular weight excluding hydrogens is 172 g/mol. The van der Waals surface area contributed by atoms with Crippen LogP contribution in [0.4, 0.5) is 0 Å². The SMILES string of the molecule is COC(=O)C(C)(C)OOC(C)(C)C. The quantitative estimate of drug-likeness (QED) is 0.386. The van der Waals surface area contributed by atoms with Crippen LogP contribution in [-0.4, -0.2) is 24.3 Å². The van der Waals surface area contributed by atoms with Crippen LogP contribution in [0.1, 0.15) is 34.6 Å². The molecule has 0 aromatic heterocycles. The van der Waals surface area contributed by atoms with Crippen molar-refractivity contribution in [2.24, 2.45) is 0 Å². The zero-order chi connectivity index (χ0) is 10.7. The highest BCUT2D eigenvalue weighted by Gasteiger charge is 2.33. The maximum Gasteiger partial charge on any atom is 0.340 e. The lowest BCUT2D eigenvalue weighted by molar-refractivity contribution is -0.390. The minimum atomic E-state index is -1.07. The van der Waals surface area contributed by atoms with Gasteiger partial charge in [-0.1, -0.05) is 0 Å². The van der Waals surface area contributed by atoms with Crippen molar-refractivity contribution in [3.8, 4) is 0 Å². The zero-order valence-corrected chi connectivity index (χ0v) is 9.13. The van der Waals surface area contributed by atoms with Crippen LogP contribution in [0.15, 0.2) is 0 Å². The van der Waals surface area contributed by atoms with Gasteiger partial charge in [0.05, 0.1) is 12.7 Å². The first kappa shape index (κ1) is 12.4. The number of hydrogen-bond donors (Lipinski definition) is 0. The molecular formula is C9H18O4. The van der Waals surface area contributed by atoms with Gasteiger partial charge in [-0.25, -0.2) is 14.6 Å². The first-order valence-corrected chi connectivity index (χ1v) is 4.14. The van der Waals surface area contributed by atoms with E-state index in [1.54, 1.807) is 13.8 Å². The Hall–Kier alpha value is -0.610. The number of carbonyl (C=O) groups excluding carboxylic acids is 1. The third kappa shape index (κ3) is 4.85. The lowest BCUT2D eigenvalue weighted by Gasteiger charge is -2.26. The van der Waals surface area contributed by atoms with Gasteiger partial charge < -0.3 is 4.74 Å². The summed E-state index contributed by atoms with van der Waals surface area (Å²) >= 11 is 0. The Morgan fingerprint density at radius 2 is 1.46 bits per heavy atom. The zero-order valence-electron chi connectivity index (χ0n) is 9.13. The third-order valence-corrected chi connectivity index (χ3v) is 1.18. The van der Waals surface area contributed by atoms with Crippen LogP contribution in [0.5, 0.6) is 0 Å². The van der Waals surface area contributed by atoms with Gasteiger partial charge in [-0.2, -0.15) is 0 Å². The van der Waals surface area contributed by atoms with E-state index >= 15 is 0 Å². The minimum absolute atomic E-state index is 0.439. The first-order valence-electron chi connectivity index (χ1n) is 4.14. The standard InChI is InChI=1S/C9H18O4/c1-8(2,3)12-13-9(4,5)7(10)11-6/h1-6H3. The van der Waals surface area contributed by atoms with Gasteiger partial charge in [-0.15, -0.1) is 0 Å². The summed E-state index contributed by atoms with van der Waals surface area (Å²) in [4.78, 5) is 21.1. The summed E-state index contributed by atoms with van der Waals surface area (Å²) in [7, 11) is 1.31. The molecule has 4 heteroatoms. The molecule has 0 N–H and O–H groups in total. The highest BCUT2D eigenvalue weighted by molar-refractivity contribution is 5.78. The van der Waals surface area contributed by atoms with E-state index in [0.717, 1.165) is 0 Å².